The SMILES string of the molecule is O=C(CCOc1ccccc1)NCCc1nnc(-c2ccc(Cl)cc2)o1. The summed E-state index contributed by atoms with van der Waals surface area (Å²) in [5.74, 6) is 1.56. The molecule has 1 N–H and O–H groups in total. The standard InChI is InChI=1S/C19H18ClN3O3/c20-15-8-6-14(7-9-15)19-23-22-18(26-19)10-12-21-17(24)11-13-25-16-4-2-1-3-5-16/h1-9H,10-13H2,(H,21,24). The van der Waals surface area contributed by atoms with E-state index in [1.54, 1.807) is 12.1 Å². The van der Waals surface area contributed by atoms with Gasteiger partial charge in [-0.15, -0.1) is 10.2 Å². The normalized spacial score (nSPS) is 10.5. The number of para-hydroxylation sites is 1. The molecule has 1 heterocycles. The number of hydrogen-bond donors (Lipinski definition) is 1. The molecular formula is C19H18ClN3O3. The van der Waals surface area contributed by atoms with Crippen LogP contribution in [0, 0.1) is 0 Å². The number of nitrogens with zero attached hydrogens (tertiary/aromatic N) is 2. The fourth-order valence-corrected chi connectivity index (χ4v) is 2.37. The van der Waals surface area contributed by atoms with Crippen molar-refractivity contribution < 1.29 is 13.9 Å². The molecule has 0 bridgehead atoms. The Balaban J connectivity index is 1.38. The molecule has 2 aromatic carbocycles. The van der Waals surface area contributed by atoms with Crippen molar-refractivity contribution in [2.75, 3.05) is 13.2 Å². The summed E-state index contributed by atoms with van der Waals surface area (Å²) in [5, 5.41) is 11.4. The van der Waals surface area contributed by atoms with Gasteiger partial charge in [-0.25, -0.2) is 0 Å². The summed E-state index contributed by atoms with van der Waals surface area (Å²) in [6.45, 7) is 0.754. The minimum Gasteiger partial charge on any atom is -0.493 e. The van der Waals surface area contributed by atoms with Gasteiger partial charge in [0, 0.05) is 23.6 Å². The van der Waals surface area contributed by atoms with Crippen LogP contribution in [-0.2, 0) is 11.2 Å². The van der Waals surface area contributed by atoms with Crippen LogP contribution in [-0.4, -0.2) is 29.3 Å². The number of ether oxygens (including phenoxy) is 1. The van der Waals surface area contributed by atoms with Gasteiger partial charge >= 0.3 is 0 Å². The van der Waals surface area contributed by atoms with Gasteiger partial charge in [0.15, 0.2) is 0 Å². The molecular weight excluding hydrogens is 354 g/mol. The first-order chi connectivity index (χ1) is 12.7. The lowest BCUT2D eigenvalue weighted by Gasteiger charge is -2.06. The quantitative estimate of drug-likeness (QED) is 0.655. The van der Waals surface area contributed by atoms with Crippen LogP contribution < -0.4 is 10.1 Å². The number of nitrogens with one attached hydrogen (secondary N) is 1. The summed E-state index contributed by atoms with van der Waals surface area (Å²) in [6, 6.07) is 16.5. The van der Waals surface area contributed by atoms with Crippen molar-refractivity contribution in [3.63, 3.8) is 0 Å². The van der Waals surface area contributed by atoms with Crippen LogP contribution in [0.15, 0.2) is 59.0 Å². The molecule has 1 amide bonds. The van der Waals surface area contributed by atoms with E-state index in [0.29, 0.717) is 36.4 Å². The number of rotatable bonds is 8. The average molecular weight is 372 g/mol. The molecule has 0 aliphatic rings. The monoisotopic (exact) mass is 371 g/mol. The van der Waals surface area contributed by atoms with Crippen LogP contribution in [0.5, 0.6) is 5.75 Å². The molecule has 0 saturated heterocycles. The third-order valence-corrected chi connectivity index (χ3v) is 3.81. The Labute approximate surface area is 156 Å². The van der Waals surface area contributed by atoms with E-state index in [-0.39, 0.29) is 12.3 Å². The Morgan fingerprint density at radius 2 is 1.85 bits per heavy atom. The van der Waals surface area contributed by atoms with Crippen molar-refractivity contribution >= 4 is 17.5 Å². The molecule has 0 aliphatic carbocycles. The van der Waals surface area contributed by atoms with Crippen molar-refractivity contribution in [3.8, 4) is 17.2 Å². The minimum absolute atomic E-state index is 0.0848. The average Bonchev–Trinajstić information content (AvgIpc) is 3.12. The zero-order valence-corrected chi connectivity index (χ0v) is 14.8. The molecule has 0 saturated carbocycles. The van der Waals surface area contributed by atoms with Crippen LogP contribution in [0.25, 0.3) is 11.5 Å². The van der Waals surface area contributed by atoms with Gasteiger partial charge in [-0.1, -0.05) is 29.8 Å². The van der Waals surface area contributed by atoms with E-state index in [9.17, 15) is 4.79 Å². The lowest BCUT2D eigenvalue weighted by molar-refractivity contribution is -0.121. The topological polar surface area (TPSA) is 77.2 Å². The second kappa shape index (κ2) is 9.01. The number of benzene rings is 2. The maximum atomic E-state index is 11.8. The number of aromatic nitrogens is 2. The summed E-state index contributed by atoms with van der Waals surface area (Å²) >= 11 is 5.86. The predicted molar refractivity (Wildman–Crippen MR) is 98.0 cm³/mol. The van der Waals surface area contributed by atoms with Crippen molar-refractivity contribution in [2.45, 2.75) is 12.8 Å². The van der Waals surface area contributed by atoms with Crippen LogP contribution in [0.2, 0.25) is 5.02 Å². The summed E-state index contributed by atoms with van der Waals surface area (Å²) < 4.78 is 11.1. The number of hydrogen-bond acceptors (Lipinski definition) is 5. The molecule has 1 aromatic heterocycles. The molecule has 7 heteroatoms. The second-order valence-corrected chi connectivity index (χ2v) is 5.96. The van der Waals surface area contributed by atoms with Gasteiger partial charge in [0.25, 0.3) is 0 Å². The number of carbonyl (C=O) groups excluding carboxylic acids is 1. The highest BCUT2D eigenvalue weighted by atomic mass is 35.5. The van der Waals surface area contributed by atoms with Crippen LogP contribution in [0.3, 0.4) is 0 Å². The van der Waals surface area contributed by atoms with E-state index in [1.165, 1.54) is 0 Å². The highest BCUT2D eigenvalue weighted by Gasteiger charge is 2.09. The summed E-state index contributed by atoms with van der Waals surface area (Å²) in [5.41, 5.74) is 0.801. The first-order valence-corrected chi connectivity index (χ1v) is 8.61. The largest absolute Gasteiger partial charge is 0.493 e. The lowest BCUT2D eigenvalue weighted by atomic mass is 10.2. The molecule has 0 radical (unpaired) electrons. The Morgan fingerprint density at radius 3 is 2.62 bits per heavy atom. The number of carbonyl (C=O) groups is 1. The van der Waals surface area contributed by atoms with E-state index in [2.05, 4.69) is 15.5 Å². The zero-order chi connectivity index (χ0) is 18.2. The Morgan fingerprint density at radius 1 is 1.08 bits per heavy atom. The Bertz CT molecular complexity index is 835. The van der Waals surface area contributed by atoms with Crippen molar-refractivity contribution in [2.24, 2.45) is 0 Å². The van der Waals surface area contributed by atoms with Gasteiger partial charge < -0.3 is 14.5 Å². The second-order valence-electron chi connectivity index (χ2n) is 5.52. The van der Waals surface area contributed by atoms with Crippen molar-refractivity contribution in [1.82, 2.24) is 15.5 Å². The predicted octanol–water partition coefficient (Wildman–Crippen LogP) is 3.52. The van der Waals surface area contributed by atoms with Crippen LogP contribution in [0.4, 0.5) is 0 Å². The maximum absolute atomic E-state index is 11.8. The molecule has 0 spiro atoms. The first kappa shape index (κ1) is 17.9. The van der Waals surface area contributed by atoms with E-state index < -0.39 is 0 Å². The zero-order valence-electron chi connectivity index (χ0n) is 14.0. The highest BCUT2D eigenvalue weighted by molar-refractivity contribution is 6.30. The van der Waals surface area contributed by atoms with Gasteiger partial charge in [-0.05, 0) is 36.4 Å². The molecule has 3 rings (SSSR count). The lowest BCUT2D eigenvalue weighted by Crippen LogP contribution is -2.27. The molecule has 0 fully saturated rings. The third kappa shape index (κ3) is 5.32. The van der Waals surface area contributed by atoms with Gasteiger partial charge in [-0.3, -0.25) is 4.79 Å². The first-order valence-electron chi connectivity index (χ1n) is 8.23. The minimum atomic E-state index is -0.0848. The molecule has 3 aromatic rings. The Kier molecular flexibility index (Phi) is 6.22. The maximum Gasteiger partial charge on any atom is 0.247 e. The van der Waals surface area contributed by atoms with Gasteiger partial charge in [-0.2, -0.15) is 0 Å². The fraction of sp³-hybridized carbons (Fsp3) is 0.211. The summed E-state index contributed by atoms with van der Waals surface area (Å²) in [7, 11) is 0. The number of halogens is 1. The van der Waals surface area contributed by atoms with Gasteiger partial charge in [0.2, 0.25) is 17.7 Å². The molecule has 0 aliphatic heterocycles. The molecule has 6 nitrogen and oxygen atoms in total. The van der Waals surface area contributed by atoms with Gasteiger partial charge in [0.1, 0.15) is 5.75 Å². The molecule has 0 unspecified atom stereocenters. The smallest absolute Gasteiger partial charge is 0.247 e. The molecule has 26 heavy (non-hydrogen) atoms. The summed E-state index contributed by atoms with van der Waals surface area (Å²) in [6.07, 6.45) is 0.751. The van der Waals surface area contributed by atoms with Crippen LogP contribution in [0.1, 0.15) is 12.3 Å². The van der Waals surface area contributed by atoms with Crippen molar-refractivity contribution in [1.29, 1.82) is 0 Å². The van der Waals surface area contributed by atoms with Gasteiger partial charge in [0.05, 0.1) is 13.0 Å². The van der Waals surface area contributed by atoms with E-state index in [1.807, 2.05) is 42.5 Å². The summed E-state index contributed by atoms with van der Waals surface area (Å²) in [4.78, 5) is 11.8. The van der Waals surface area contributed by atoms with Crippen molar-refractivity contribution in [3.05, 3.63) is 65.5 Å². The molecule has 134 valence electrons. The highest BCUT2D eigenvalue weighted by Crippen LogP contribution is 2.20. The molecule has 0 atom stereocenters. The van der Waals surface area contributed by atoms with Crippen LogP contribution >= 0.6 is 11.6 Å². The number of amides is 1. The fourth-order valence-electron chi connectivity index (χ4n) is 2.24. The van der Waals surface area contributed by atoms with E-state index >= 15 is 0 Å². The van der Waals surface area contributed by atoms with E-state index in [4.69, 9.17) is 20.8 Å². The third-order valence-electron chi connectivity index (χ3n) is 3.56. The Hall–Kier alpha value is -2.86. The van der Waals surface area contributed by atoms with E-state index in [0.717, 1.165) is 11.3 Å².